The van der Waals surface area contributed by atoms with Crippen LogP contribution in [0.25, 0.3) is 0 Å². The molecule has 206 valence electrons. The topological polar surface area (TPSA) is 72.9 Å². The molecule has 36 heavy (non-hydrogen) atoms. The van der Waals surface area contributed by atoms with Gasteiger partial charge in [0.05, 0.1) is 27.9 Å². The highest BCUT2D eigenvalue weighted by atomic mass is 32.2. The number of rotatable bonds is 7. The van der Waals surface area contributed by atoms with Gasteiger partial charge in [0.2, 0.25) is 0 Å². The van der Waals surface area contributed by atoms with E-state index in [1.165, 1.54) is 11.0 Å². The summed E-state index contributed by atoms with van der Waals surface area (Å²) in [6.45, 7) is 16.9. The van der Waals surface area contributed by atoms with E-state index in [2.05, 4.69) is 0 Å². The Hall–Kier alpha value is -1.59. The fourth-order valence-corrected chi connectivity index (χ4v) is 7.42. The van der Waals surface area contributed by atoms with Gasteiger partial charge in [0.25, 0.3) is 0 Å². The second-order valence-corrected chi connectivity index (χ2v) is 16.2. The number of benzene rings is 1. The fourth-order valence-electron chi connectivity index (χ4n) is 4.38. The number of carbonyl (C=O) groups is 1. The Labute approximate surface area is 215 Å². The third kappa shape index (κ3) is 6.83. The first-order valence-corrected chi connectivity index (χ1v) is 16.6. The van der Waals surface area contributed by atoms with E-state index in [0.717, 1.165) is 18.2 Å². The maximum atomic E-state index is 13.7. The Kier molecular flexibility index (Phi) is 9.06. The number of amides is 1. The molecule has 1 saturated heterocycles. The van der Waals surface area contributed by atoms with Crippen molar-refractivity contribution >= 4 is 25.0 Å². The summed E-state index contributed by atoms with van der Waals surface area (Å²) < 4.78 is 80.3. The van der Waals surface area contributed by atoms with Crippen molar-refractivity contribution in [1.82, 2.24) is 4.90 Å². The first-order chi connectivity index (χ1) is 16.2. The summed E-state index contributed by atoms with van der Waals surface area (Å²) >= 11 is 0. The average molecular weight is 552 g/mol. The molecule has 1 aliphatic rings. The second kappa shape index (κ2) is 10.6. The standard InChI is InChI=1S/C25H40F3NO5SSi/c1-16(2)24(6,7)21(34-36(8)9)19-14-17(15-29(19)22(30)33-23(3,4)5)35(31,32)20-13-11-10-12-18(20)25(26,27)28/h10-13,16-17,19,21,36H,14-15H2,1-9H3/t17-,19+,21?/m0/s1. The van der Waals surface area contributed by atoms with Crippen molar-refractivity contribution in [3.63, 3.8) is 0 Å². The maximum Gasteiger partial charge on any atom is 0.417 e. The summed E-state index contributed by atoms with van der Waals surface area (Å²) in [6, 6.07) is 3.51. The molecule has 0 aromatic heterocycles. The molecule has 1 aromatic rings. The first kappa shape index (κ1) is 30.6. The van der Waals surface area contributed by atoms with Crippen LogP contribution in [0.2, 0.25) is 13.1 Å². The summed E-state index contributed by atoms with van der Waals surface area (Å²) in [5, 5.41) is -1.23. The molecule has 2 rings (SSSR count). The molecule has 1 unspecified atom stereocenters. The second-order valence-electron chi connectivity index (χ2n) is 11.7. The van der Waals surface area contributed by atoms with Crippen LogP contribution in [0.5, 0.6) is 0 Å². The number of hydrogen-bond acceptors (Lipinski definition) is 5. The van der Waals surface area contributed by atoms with Crippen molar-refractivity contribution < 1.29 is 35.5 Å². The van der Waals surface area contributed by atoms with Crippen LogP contribution in [0.15, 0.2) is 29.2 Å². The molecule has 3 atom stereocenters. The van der Waals surface area contributed by atoms with Crippen LogP contribution in [0, 0.1) is 11.3 Å². The highest BCUT2D eigenvalue weighted by Gasteiger charge is 2.52. The zero-order valence-corrected chi connectivity index (χ0v) is 24.6. The predicted molar refractivity (Wildman–Crippen MR) is 136 cm³/mol. The van der Waals surface area contributed by atoms with Gasteiger partial charge in [0, 0.05) is 6.54 Å². The maximum absolute atomic E-state index is 13.7. The quantitative estimate of drug-likeness (QED) is 0.394. The monoisotopic (exact) mass is 551 g/mol. The normalized spacial score (nSPS) is 20.8. The average Bonchev–Trinajstić information content (AvgIpc) is 3.16. The lowest BCUT2D eigenvalue weighted by Gasteiger charge is -2.44. The van der Waals surface area contributed by atoms with Crippen LogP contribution in [0.1, 0.15) is 60.5 Å². The van der Waals surface area contributed by atoms with Crippen molar-refractivity contribution in [2.75, 3.05) is 6.54 Å². The largest absolute Gasteiger partial charge is 0.444 e. The van der Waals surface area contributed by atoms with E-state index < -0.39 is 70.0 Å². The van der Waals surface area contributed by atoms with Gasteiger partial charge in [-0.25, -0.2) is 13.2 Å². The lowest BCUT2D eigenvalue weighted by molar-refractivity contribution is -0.139. The number of carbonyl (C=O) groups excluding carboxylic acids is 1. The van der Waals surface area contributed by atoms with Crippen LogP contribution in [-0.2, 0) is 25.2 Å². The molecular weight excluding hydrogens is 511 g/mol. The van der Waals surface area contributed by atoms with E-state index in [1.807, 2.05) is 40.8 Å². The van der Waals surface area contributed by atoms with Crippen LogP contribution < -0.4 is 0 Å². The summed E-state index contributed by atoms with van der Waals surface area (Å²) in [7, 11) is -6.09. The summed E-state index contributed by atoms with van der Waals surface area (Å²) in [4.78, 5) is 13.9. The van der Waals surface area contributed by atoms with Crippen LogP contribution in [-0.4, -0.2) is 58.0 Å². The van der Waals surface area contributed by atoms with Gasteiger partial charge < -0.3 is 14.1 Å². The van der Waals surface area contributed by atoms with E-state index in [-0.39, 0.29) is 18.9 Å². The summed E-state index contributed by atoms with van der Waals surface area (Å²) in [5.41, 5.74) is -2.50. The molecule has 0 radical (unpaired) electrons. The first-order valence-electron chi connectivity index (χ1n) is 12.2. The Morgan fingerprint density at radius 1 is 1.08 bits per heavy atom. The van der Waals surface area contributed by atoms with Crippen molar-refractivity contribution in [3.8, 4) is 0 Å². The minimum Gasteiger partial charge on any atom is -0.444 e. The minimum atomic E-state index is -4.83. The van der Waals surface area contributed by atoms with Gasteiger partial charge >= 0.3 is 12.3 Å². The van der Waals surface area contributed by atoms with Gasteiger partial charge in [-0.15, -0.1) is 0 Å². The van der Waals surface area contributed by atoms with Crippen molar-refractivity contribution in [1.29, 1.82) is 0 Å². The molecule has 1 fully saturated rings. The molecule has 11 heteroatoms. The van der Waals surface area contributed by atoms with Gasteiger partial charge in [-0.1, -0.05) is 39.8 Å². The molecule has 1 aliphatic heterocycles. The van der Waals surface area contributed by atoms with E-state index >= 15 is 0 Å². The zero-order valence-electron chi connectivity index (χ0n) is 22.6. The molecular formula is C25H40F3NO5SSi. The van der Waals surface area contributed by atoms with Crippen molar-refractivity contribution in [2.24, 2.45) is 11.3 Å². The number of sulfone groups is 1. The summed E-state index contributed by atoms with van der Waals surface area (Å²) in [6.07, 6.45) is -6.10. The van der Waals surface area contributed by atoms with E-state index in [9.17, 15) is 26.4 Å². The molecule has 0 aliphatic carbocycles. The number of ether oxygens (including phenoxy) is 1. The number of hydrogen-bond donors (Lipinski definition) is 0. The van der Waals surface area contributed by atoms with Gasteiger partial charge in [0.1, 0.15) is 5.60 Å². The molecule has 6 nitrogen and oxygen atoms in total. The lowest BCUT2D eigenvalue weighted by atomic mass is 9.73. The Bertz CT molecular complexity index is 1030. The molecule has 1 amide bonds. The summed E-state index contributed by atoms with van der Waals surface area (Å²) in [5.74, 6) is 0.123. The van der Waals surface area contributed by atoms with Crippen LogP contribution in [0.3, 0.4) is 0 Å². The Morgan fingerprint density at radius 3 is 2.11 bits per heavy atom. The van der Waals surface area contributed by atoms with Crippen molar-refractivity contribution in [3.05, 3.63) is 29.8 Å². The zero-order chi connectivity index (χ0) is 27.9. The van der Waals surface area contributed by atoms with Crippen LogP contribution in [0.4, 0.5) is 18.0 Å². The molecule has 1 aromatic carbocycles. The van der Waals surface area contributed by atoms with Crippen molar-refractivity contribution in [2.45, 2.75) is 102 Å². The highest BCUT2D eigenvalue weighted by molar-refractivity contribution is 7.92. The smallest absolute Gasteiger partial charge is 0.417 e. The molecule has 0 spiro atoms. The minimum absolute atomic E-state index is 0.0459. The van der Waals surface area contributed by atoms with Gasteiger partial charge in [-0.3, -0.25) is 0 Å². The third-order valence-electron chi connectivity index (χ3n) is 6.86. The predicted octanol–water partition coefficient (Wildman–Crippen LogP) is 5.91. The number of alkyl halides is 3. The van der Waals surface area contributed by atoms with E-state index in [0.29, 0.717) is 0 Å². The Balaban J connectivity index is 2.62. The number of halogens is 3. The molecule has 0 saturated carbocycles. The van der Waals surface area contributed by atoms with Crippen LogP contribution >= 0.6 is 0 Å². The van der Waals surface area contributed by atoms with E-state index in [4.69, 9.17) is 9.16 Å². The SMILES string of the molecule is CC(C)C(C)(C)C(O[SiH](C)C)[C@H]1C[C@H](S(=O)(=O)c2ccccc2C(F)(F)F)CN1C(=O)OC(C)(C)C. The third-order valence-corrected chi connectivity index (χ3v) is 9.89. The fraction of sp³-hybridized carbons (Fsp3) is 0.720. The Morgan fingerprint density at radius 2 is 1.64 bits per heavy atom. The number of likely N-dealkylation sites (tertiary alicyclic amines) is 1. The lowest BCUT2D eigenvalue weighted by Crippen LogP contribution is -2.53. The molecule has 0 N–H and O–H groups in total. The van der Waals surface area contributed by atoms with Gasteiger partial charge in [0.15, 0.2) is 18.9 Å². The van der Waals surface area contributed by atoms with E-state index in [1.54, 1.807) is 20.8 Å². The number of nitrogens with zero attached hydrogens (tertiary/aromatic N) is 1. The molecule has 0 bridgehead atoms. The highest BCUT2D eigenvalue weighted by Crippen LogP contribution is 2.43. The molecule has 1 heterocycles. The van der Waals surface area contributed by atoms with Gasteiger partial charge in [-0.2, -0.15) is 13.2 Å². The van der Waals surface area contributed by atoms with Gasteiger partial charge in [-0.05, 0) is 63.8 Å².